The molecular formula is C16H24N2OS. The SMILES string of the molecule is COCc1cccc(NC2=NC(C(C)(C)C)CCS2)c1. The van der Waals surface area contributed by atoms with E-state index in [0.29, 0.717) is 12.6 Å². The zero-order valence-corrected chi connectivity index (χ0v) is 13.6. The Hall–Kier alpha value is -1.00. The van der Waals surface area contributed by atoms with Gasteiger partial charge in [0.1, 0.15) is 0 Å². The molecule has 0 fully saturated rings. The van der Waals surface area contributed by atoms with Gasteiger partial charge >= 0.3 is 0 Å². The van der Waals surface area contributed by atoms with Crippen molar-refractivity contribution in [1.29, 1.82) is 0 Å². The maximum absolute atomic E-state index is 5.17. The molecule has 0 aromatic heterocycles. The Bertz CT molecular complexity index is 480. The van der Waals surface area contributed by atoms with Crippen LogP contribution >= 0.6 is 11.8 Å². The normalized spacial score (nSPS) is 19.6. The van der Waals surface area contributed by atoms with Crippen LogP contribution in [-0.4, -0.2) is 24.1 Å². The summed E-state index contributed by atoms with van der Waals surface area (Å²) in [7, 11) is 1.72. The number of hydrogen-bond donors (Lipinski definition) is 1. The van der Waals surface area contributed by atoms with E-state index < -0.39 is 0 Å². The van der Waals surface area contributed by atoms with Gasteiger partial charge in [0.25, 0.3) is 0 Å². The van der Waals surface area contributed by atoms with E-state index >= 15 is 0 Å². The van der Waals surface area contributed by atoms with Crippen molar-refractivity contribution in [3.05, 3.63) is 29.8 Å². The molecule has 1 aromatic carbocycles. The molecular weight excluding hydrogens is 268 g/mol. The molecule has 0 saturated carbocycles. The molecule has 110 valence electrons. The Morgan fingerprint density at radius 3 is 2.90 bits per heavy atom. The van der Waals surface area contributed by atoms with Gasteiger partial charge in [0.05, 0.1) is 12.6 Å². The van der Waals surface area contributed by atoms with Crippen LogP contribution < -0.4 is 5.32 Å². The highest BCUT2D eigenvalue weighted by Gasteiger charge is 2.27. The number of hydrogen-bond acceptors (Lipinski definition) is 4. The third-order valence-electron chi connectivity index (χ3n) is 3.39. The van der Waals surface area contributed by atoms with E-state index in [2.05, 4.69) is 44.3 Å². The molecule has 20 heavy (non-hydrogen) atoms. The number of rotatable bonds is 3. The summed E-state index contributed by atoms with van der Waals surface area (Å²) in [5.74, 6) is 1.13. The Morgan fingerprint density at radius 2 is 2.20 bits per heavy atom. The molecule has 4 heteroatoms. The van der Waals surface area contributed by atoms with Crippen molar-refractivity contribution in [3.63, 3.8) is 0 Å². The second kappa shape index (κ2) is 6.64. The number of amidine groups is 1. The van der Waals surface area contributed by atoms with Crippen LogP contribution in [0.2, 0.25) is 0 Å². The second-order valence-corrected chi connectivity index (χ2v) is 7.30. The summed E-state index contributed by atoms with van der Waals surface area (Å²) >= 11 is 1.80. The number of anilines is 1. The van der Waals surface area contributed by atoms with Gasteiger partial charge in [-0.25, -0.2) is 0 Å². The van der Waals surface area contributed by atoms with Crippen LogP contribution in [0.15, 0.2) is 29.3 Å². The lowest BCUT2D eigenvalue weighted by atomic mass is 9.85. The van der Waals surface area contributed by atoms with Gasteiger partial charge in [-0.2, -0.15) is 0 Å². The van der Waals surface area contributed by atoms with Crippen LogP contribution in [0.4, 0.5) is 5.69 Å². The molecule has 0 amide bonds. The van der Waals surface area contributed by atoms with Crippen molar-refractivity contribution in [2.24, 2.45) is 10.4 Å². The summed E-state index contributed by atoms with van der Waals surface area (Å²) in [5.41, 5.74) is 2.48. The molecule has 0 aliphatic carbocycles. The van der Waals surface area contributed by atoms with Crippen LogP contribution in [0.3, 0.4) is 0 Å². The van der Waals surface area contributed by atoms with Crippen LogP contribution in [0.1, 0.15) is 32.8 Å². The van der Waals surface area contributed by atoms with E-state index in [1.165, 1.54) is 5.56 Å². The Kier molecular flexibility index (Phi) is 5.11. The number of nitrogens with one attached hydrogen (secondary N) is 1. The van der Waals surface area contributed by atoms with Gasteiger partial charge in [0.15, 0.2) is 5.17 Å². The Balaban J connectivity index is 2.09. The monoisotopic (exact) mass is 292 g/mol. The van der Waals surface area contributed by atoms with Gasteiger partial charge in [0, 0.05) is 18.6 Å². The molecule has 1 N–H and O–H groups in total. The summed E-state index contributed by atoms with van der Waals surface area (Å²) in [5, 5.41) is 4.47. The van der Waals surface area contributed by atoms with Crippen LogP contribution in [0, 0.1) is 5.41 Å². The summed E-state index contributed by atoms with van der Waals surface area (Å²) in [6.45, 7) is 7.41. The summed E-state index contributed by atoms with van der Waals surface area (Å²) in [4.78, 5) is 4.86. The fourth-order valence-electron chi connectivity index (χ4n) is 2.23. The van der Waals surface area contributed by atoms with Crippen molar-refractivity contribution in [3.8, 4) is 0 Å². The Labute approximate surface area is 126 Å². The fraction of sp³-hybridized carbons (Fsp3) is 0.562. The molecule has 3 nitrogen and oxygen atoms in total. The molecule has 0 radical (unpaired) electrons. The molecule has 1 aliphatic heterocycles. The minimum atomic E-state index is 0.228. The maximum Gasteiger partial charge on any atom is 0.161 e. The standard InChI is InChI=1S/C16H24N2OS/c1-16(2,3)14-8-9-20-15(18-14)17-13-7-5-6-12(10-13)11-19-4/h5-7,10,14H,8-9,11H2,1-4H3,(H,17,18). The quantitative estimate of drug-likeness (QED) is 0.908. The smallest absolute Gasteiger partial charge is 0.161 e. The molecule has 1 aliphatic rings. The maximum atomic E-state index is 5.17. The molecule has 0 spiro atoms. The predicted molar refractivity (Wildman–Crippen MR) is 88.5 cm³/mol. The van der Waals surface area contributed by atoms with Crippen molar-refractivity contribution < 1.29 is 4.74 Å². The first kappa shape index (κ1) is 15.4. The van der Waals surface area contributed by atoms with Crippen LogP contribution in [-0.2, 0) is 11.3 Å². The van der Waals surface area contributed by atoms with E-state index in [1.807, 2.05) is 6.07 Å². The first-order chi connectivity index (χ1) is 9.49. The molecule has 1 heterocycles. The van der Waals surface area contributed by atoms with Gasteiger partial charge in [0.2, 0.25) is 0 Å². The van der Waals surface area contributed by atoms with Gasteiger partial charge in [-0.05, 0) is 29.5 Å². The summed E-state index contributed by atoms with van der Waals surface area (Å²) in [6.07, 6.45) is 1.16. The van der Waals surface area contributed by atoms with Gasteiger partial charge in [-0.1, -0.05) is 44.7 Å². The van der Waals surface area contributed by atoms with E-state index in [-0.39, 0.29) is 5.41 Å². The topological polar surface area (TPSA) is 33.6 Å². The number of nitrogens with zero attached hydrogens (tertiary/aromatic N) is 1. The lowest BCUT2D eigenvalue weighted by Crippen LogP contribution is -2.30. The molecule has 0 saturated heterocycles. The van der Waals surface area contributed by atoms with E-state index in [1.54, 1.807) is 18.9 Å². The minimum absolute atomic E-state index is 0.228. The van der Waals surface area contributed by atoms with E-state index in [9.17, 15) is 0 Å². The molecule has 1 unspecified atom stereocenters. The van der Waals surface area contributed by atoms with Gasteiger partial charge < -0.3 is 10.1 Å². The highest BCUT2D eigenvalue weighted by Crippen LogP contribution is 2.31. The molecule has 1 atom stereocenters. The number of thioether (sulfide) groups is 1. The van der Waals surface area contributed by atoms with Crippen LogP contribution in [0.5, 0.6) is 0 Å². The predicted octanol–water partition coefficient (Wildman–Crippen LogP) is 4.15. The van der Waals surface area contributed by atoms with Crippen molar-refractivity contribution in [1.82, 2.24) is 0 Å². The minimum Gasteiger partial charge on any atom is -0.380 e. The van der Waals surface area contributed by atoms with Crippen molar-refractivity contribution >= 4 is 22.6 Å². The third-order valence-corrected chi connectivity index (χ3v) is 4.31. The largest absolute Gasteiger partial charge is 0.380 e. The van der Waals surface area contributed by atoms with Gasteiger partial charge in [-0.3, -0.25) is 4.99 Å². The highest BCUT2D eigenvalue weighted by atomic mass is 32.2. The lowest BCUT2D eigenvalue weighted by Gasteiger charge is -2.31. The van der Waals surface area contributed by atoms with E-state index in [0.717, 1.165) is 23.0 Å². The highest BCUT2D eigenvalue weighted by molar-refractivity contribution is 8.14. The Morgan fingerprint density at radius 1 is 1.40 bits per heavy atom. The second-order valence-electron chi connectivity index (χ2n) is 6.21. The molecule has 2 rings (SSSR count). The fourth-order valence-corrected chi connectivity index (χ4v) is 3.16. The molecule has 1 aromatic rings. The summed E-state index contributed by atoms with van der Waals surface area (Å²) < 4.78 is 5.17. The van der Waals surface area contributed by atoms with Crippen LogP contribution in [0.25, 0.3) is 0 Å². The van der Waals surface area contributed by atoms with Crippen molar-refractivity contribution in [2.75, 3.05) is 18.2 Å². The zero-order chi connectivity index (χ0) is 14.6. The summed E-state index contributed by atoms with van der Waals surface area (Å²) in [6, 6.07) is 8.71. The number of benzene rings is 1. The van der Waals surface area contributed by atoms with Crippen molar-refractivity contribution in [2.45, 2.75) is 39.8 Å². The lowest BCUT2D eigenvalue weighted by molar-refractivity contribution is 0.185. The third kappa shape index (κ3) is 4.25. The first-order valence-electron chi connectivity index (χ1n) is 7.04. The number of methoxy groups -OCH3 is 1. The average Bonchev–Trinajstić information content (AvgIpc) is 2.39. The zero-order valence-electron chi connectivity index (χ0n) is 12.8. The molecule has 0 bridgehead atoms. The first-order valence-corrected chi connectivity index (χ1v) is 8.03. The van der Waals surface area contributed by atoms with E-state index in [4.69, 9.17) is 9.73 Å². The average molecular weight is 292 g/mol. The number of ether oxygens (including phenoxy) is 1. The van der Waals surface area contributed by atoms with Gasteiger partial charge in [-0.15, -0.1) is 0 Å². The number of aliphatic imine (C=N–C) groups is 1.